The number of alkyl halides is 1. The number of hydrogen-bond donors (Lipinski definition) is 0. The van der Waals surface area contributed by atoms with Crippen molar-refractivity contribution in [1.29, 1.82) is 0 Å². The summed E-state index contributed by atoms with van der Waals surface area (Å²) in [6.45, 7) is 5.67. The zero-order valence-electron chi connectivity index (χ0n) is 15.6. The number of hydrogen-bond acceptors (Lipinski definition) is 6. The molecule has 0 bridgehead atoms. The first-order chi connectivity index (χ1) is 12.9. The highest BCUT2D eigenvalue weighted by Crippen LogP contribution is 2.25. The molecule has 3 rings (SSSR count). The van der Waals surface area contributed by atoms with Crippen LogP contribution in [0.1, 0.15) is 30.3 Å². The van der Waals surface area contributed by atoms with Gasteiger partial charge in [0, 0.05) is 49.5 Å². The van der Waals surface area contributed by atoms with Crippen LogP contribution in [0.2, 0.25) is 0 Å². The predicted octanol–water partition coefficient (Wildman–Crippen LogP) is 2.91. The summed E-state index contributed by atoms with van der Waals surface area (Å²) in [5.74, 6) is 1.29. The normalized spacial score (nSPS) is 18.8. The number of aromatic nitrogens is 2. The molecule has 0 spiro atoms. The molecule has 0 aliphatic carbocycles. The van der Waals surface area contributed by atoms with E-state index in [1.165, 1.54) is 22.7 Å². The molecule has 0 radical (unpaired) electrons. The van der Waals surface area contributed by atoms with Crippen LogP contribution in [0.25, 0.3) is 0 Å². The van der Waals surface area contributed by atoms with Crippen LogP contribution in [-0.2, 0) is 16.4 Å². The van der Waals surface area contributed by atoms with Gasteiger partial charge < -0.3 is 4.90 Å². The van der Waals surface area contributed by atoms with E-state index in [2.05, 4.69) is 45.4 Å². The maximum Gasteiger partial charge on any atom is 0.214 e. The van der Waals surface area contributed by atoms with E-state index in [0.717, 1.165) is 11.0 Å². The van der Waals surface area contributed by atoms with Gasteiger partial charge in [-0.15, -0.1) is 11.6 Å². The van der Waals surface area contributed by atoms with Gasteiger partial charge in [-0.1, -0.05) is 29.8 Å². The Labute approximate surface area is 170 Å². The molecule has 27 heavy (non-hydrogen) atoms. The quantitative estimate of drug-likeness (QED) is 0.634. The predicted molar refractivity (Wildman–Crippen MR) is 111 cm³/mol. The van der Waals surface area contributed by atoms with E-state index >= 15 is 0 Å². The third-order valence-electron chi connectivity index (χ3n) is 4.71. The molecule has 1 unspecified atom stereocenters. The number of benzene rings is 1. The van der Waals surface area contributed by atoms with Gasteiger partial charge in [-0.25, -0.2) is 13.4 Å². The Bertz CT molecular complexity index is 855. The van der Waals surface area contributed by atoms with Gasteiger partial charge in [0.05, 0.1) is 5.75 Å². The molecule has 1 fully saturated rings. The minimum Gasteiger partial charge on any atom is -0.342 e. The summed E-state index contributed by atoms with van der Waals surface area (Å²) in [6.07, 6.45) is 1.19. The Morgan fingerprint density at radius 1 is 1.26 bits per heavy atom. The first-order valence-corrected chi connectivity index (χ1v) is 12.0. The average Bonchev–Trinajstić information content (AvgIpc) is 3.10. The lowest BCUT2D eigenvalue weighted by molar-refractivity contribution is 0.342. The van der Waals surface area contributed by atoms with E-state index in [1.54, 1.807) is 4.31 Å². The summed E-state index contributed by atoms with van der Waals surface area (Å²) in [5, 5.41) is 0.863. The molecule has 0 amide bonds. The number of nitrogens with zero attached hydrogens (tertiary/aromatic N) is 4. The molecule has 6 nitrogen and oxygen atoms in total. The monoisotopic (exact) mass is 428 g/mol. The Balaban J connectivity index is 1.63. The van der Waals surface area contributed by atoms with Crippen molar-refractivity contribution in [3.05, 3.63) is 41.2 Å². The fourth-order valence-corrected chi connectivity index (χ4v) is 5.83. The molecular formula is C18H25ClN4O2S2. The van der Waals surface area contributed by atoms with E-state index in [4.69, 9.17) is 11.6 Å². The Morgan fingerprint density at radius 3 is 2.67 bits per heavy atom. The fraction of sp³-hybridized carbons (Fsp3) is 0.556. The SMILES string of the molecule is Cc1ccc(Cc2nsc(N3CCN(S(=O)(=O)CCCCl)CC3C)n2)cc1. The zero-order valence-corrected chi connectivity index (χ0v) is 18.0. The fourth-order valence-electron chi connectivity index (χ4n) is 3.15. The summed E-state index contributed by atoms with van der Waals surface area (Å²) >= 11 is 7.03. The van der Waals surface area contributed by atoms with Crippen molar-refractivity contribution < 1.29 is 8.42 Å². The van der Waals surface area contributed by atoms with Gasteiger partial charge in [0.1, 0.15) is 5.82 Å². The molecule has 9 heteroatoms. The Morgan fingerprint density at radius 2 is 2.00 bits per heavy atom. The van der Waals surface area contributed by atoms with Gasteiger partial charge in [0.25, 0.3) is 0 Å². The molecule has 0 saturated carbocycles. The number of anilines is 1. The van der Waals surface area contributed by atoms with Crippen LogP contribution in [0, 0.1) is 6.92 Å². The van der Waals surface area contributed by atoms with Crippen LogP contribution in [0.5, 0.6) is 0 Å². The lowest BCUT2D eigenvalue weighted by Crippen LogP contribution is -2.54. The second kappa shape index (κ2) is 8.86. The average molecular weight is 429 g/mol. The van der Waals surface area contributed by atoms with Crippen molar-refractivity contribution in [2.75, 3.05) is 36.2 Å². The van der Waals surface area contributed by atoms with Crippen molar-refractivity contribution in [3.8, 4) is 0 Å². The van der Waals surface area contributed by atoms with Crippen molar-refractivity contribution in [2.24, 2.45) is 0 Å². The topological polar surface area (TPSA) is 66.4 Å². The van der Waals surface area contributed by atoms with Crippen LogP contribution in [0.15, 0.2) is 24.3 Å². The maximum absolute atomic E-state index is 12.4. The van der Waals surface area contributed by atoms with Gasteiger partial charge in [-0.2, -0.15) is 8.68 Å². The highest BCUT2D eigenvalue weighted by Gasteiger charge is 2.32. The molecule has 2 heterocycles. The third-order valence-corrected chi connectivity index (χ3v) is 7.69. The summed E-state index contributed by atoms with van der Waals surface area (Å²) in [6, 6.07) is 8.44. The van der Waals surface area contributed by atoms with E-state index in [0.29, 0.717) is 38.4 Å². The smallest absolute Gasteiger partial charge is 0.214 e. The zero-order chi connectivity index (χ0) is 19.4. The van der Waals surface area contributed by atoms with Gasteiger partial charge in [-0.05, 0) is 25.8 Å². The standard InChI is InChI=1S/C18H25ClN4O2S2/c1-14-4-6-16(7-5-14)12-17-20-18(26-21-17)23-10-9-22(13-15(23)2)27(24,25)11-3-8-19/h4-7,15H,3,8-13H2,1-2H3. The summed E-state index contributed by atoms with van der Waals surface area (Å²) in [4.78, 5) is 6.84. The van der Waals surface area contributed by atoms with Crippen molar-refractivity contribution in [2.45, 2.75) is 32.7 Å². The van der Waals surface area contributed by atoms with Gasteiger partial charge in [-0.3, -0.25) is 0 Å². The first kappa shape index (κ1) is 20.5. The maximum atomic E-state index is 12.4. The highest BCUT2D eigenvalue weighted by molar-refractivity contribution is 7.89. The highest BCUT2D eigenvalue weighted by atomic mass is 35.5. The molecule has 148 valence electrons. The van der Waals surface area contributed by atoms with Crippen LogP contribution in [0.3, 0.4) is 0 Å². The molecule has 0 N–H and O–H groups in total. The lowest BCUT2D eigenvalue weighted by Gasteiger charge is -2.38. The molecule has 1 aromatic heterocycles. The van der Waals surface area contributed by atoms with Crippen molar-refractivity contribution in [1.82, 2.24) is 13.7 Å². The summed E-state index contributed by atoms with van der Waals surface area (Å²) in [5.41, 5.74) is 2.42. The Hall–Kier alpha value is -1.22. The van der Waals surface area contributed by atoms with Crippen LogP contribution in [-0.4, -0.2) is 59.4 Å². The molecule has 1 atom stereocenters. The van der Waals surface area contributed by atoms with E-state index < -0.39 is 10.0 Å². The lowest BCUT2D eigenvalue weighted by atomic mass is 10.1. The third kappa shape index (κ3) is 5.19. The number of sulfonamides is 1. The molecule has 2 aromatic rings. The summed E-state index contributed by atoms with van der Waals surface area (Å²) in [7, 11) is -3.23. The van der Waals surface area contributed by atoms with Gasteiger partial charge in [0.2, 0.25) is 15.2 Å². The molecule has 1 aliphatic heterocycles. The number of aryl methyl sites for hydroxylation is 1. The molecule has 1 aliphatic rings. The second-order valence-electron chi connectivity index (χ2n) is 6.91. The van der Waals surface area contributed by atoms with E-state index in [-0.39, 0.29) is 11.8 Å². The molecule has 1 saturated heterocycles. The molecular weight excluding hydrogens is 404 g/mol. The van der Waals surface area contributed by atoms with E-state index in [1.807, 2.05) is 6.92 Å². The van der Waals surface area contributed by atoms with E-state index in [9.17, 15) is 8.42 Å². The number of piperazine rings is 1. The molecule has 1 aromatic carbocycles. The minimum absolute atomic E-state index is 0.0599. The minimum atomic E-state index is -3.23. The summed E-state index contributed by atoms with van der Waals surface area (Å²) < 4.78 is 30.8. The number of rotatable bonds is 7. The van der Waals surface area contributed by atoms with Crippen LogP contribution < -0.4 is 4.90 Å². The van der Waals surface area contributed by atoms with Crippen LogP contribution >= 0.6 is 23.1 Å². The number of halogens is 1. The Kier molecular flexibility index (Phi) is 6.73. The van der Waals surface area contributed by atoms with Gasteiger partial charge in [0.15, 0.2) is 0 Å². The first-order valence-electron chi connectivity index (χ1n) is 9.07. The van der Waals surface area contributed by atoms with Crippen molar-refractivity contribution in [3.63, 3.8) is 0 Å². The largest absolute Gasteiger partial charge is 0.342 e. The van der Waals surface area contributed by atoms with Crippen LogP contribution in [0.4, 0.5) is 5.13 Å². The second-order valence-corrected chi connectivity index (χ2v) is 10.1. The van der Waals surface area contributed by atoms with Gasteiger partial charge >= 0.3 is 0 Å². The van der Waals surface area contributed by atoms with Crippen molar-refractivity contribution >= 4 is 38.3 Å².